The lowest BCUT2D eigenvalue weighted by Gasteiger charge is -2.48. The average molecular weight is 556 g/mol. The van der Waals surface area contributed by atoms with Gasteiger partial charge < -0.3 is 19.2 Å². The normalized spacial score (nSPS) is 23.5. The van der Waals surface area contributed by atoms with Crippen LogP contribution in [0.15, 0.2) is 61.1 Å². The largest absolute Gasteiger partial charge is 0.575 e. The number of H-pyrrole nitrogens is 1. The molecule has 2 aromatic heterocycles. The third kappa shape index (κ3) is 5.13. The summed E-state index contributed by atoms with van der Waals surface area (Å²) in [5.41, 5.74) is 2.86. The van der Waals surface area contributed by atoms with Gasteiger partial charge in [0.05, 0.1) is 37.4 Å². The lowest BCUT2D eigenvalue weighted by Crippen LogP contribution is -2.50. The van der Waals surface area contributed by atoms with Crippen molar-refractivity contribution in [3.8, 4) is 17.4 Å². The third-order valence-corrected chi connectivity index (χ3v) is 7.66. The number of ether oxygens (including phenoxy) is 3. The van der Waals surface area contributed by atoms with Crippen LogP contribution >= 0.6 is 0 Å². The maximum atomic E-state index is 12.9. The molecule has 10 nitrogen and oxygen atoms in total. The summed E-state index contributed by atoms with van der Waals surface area (Å²) in [5, 5.41) is 10.5. The summed E-state index contributed by atoms with van der Waals surface area (Å²) in [6.45, 7) is 2.05. The highest BCUT2D eigenvalue weighted by molar-refractivity contribution is 5.47. The summed E-state index contributed by atoms with van der Waals surface area (Å²) < 4.78 is 56.1. The van der Waals surface area contributed by atoms with E-state index < -0.39 is 18.0 Å². The first-order valence-electron chi connectivity index (χ1n) is 13.0. The van der Waals surface area contributed by atoms with Crippen molar-refractivity contribution in [1.29, 1.82) is 0 Å². The molecule has 2 aromatic carbocycles. The predicted octanol–water partition coefficient (Wildman–Crippen LogP) is 4.57. The summed E-state index contributed by atoms with van der Waals surface area (Å²) in [6.07, 6.45) is 1.14. The highest BCUT2D eigenvalue weighted by atomic mass is 19.4. The maximum Gasteiger partial charge on any atom is 0.575 e. The van der Waals surface area contributed by atoms with E-state index in [-0.39, 0.29) is 12.0 Å². The molecule has 13 heteroatoms. The number of tetrazole rings is 1. The van der Waals surface area contributed by atoms with Crippen LogP contribution < -0.4 is 9.47 Å². The van der Waals surface area contributed by atoms with Gasteiger partial charge in [-0.25, -0.2) is 4.98 Å². The van der Waals surface area contributed by atoms with E-state index in [1.807, 2.05) is 24.4 Å². The van der Waals surface area contributed by atoms with Crippen LogP contribution in [0.1, 0.15) is 48.0 Å². The van der Waals surface area contributed by atoms with Gasteiger partial charge >= 0.3 is 12.4 Å². The fraction of sp³-hybridized carbons (Fsp3) is 0.407. The topological polar surface area (TPSA) is 103 Å². The Hall–Kier alpha value is -3.97. The molecule has 4 aromatic rings. The number of rotatable bonds is 7. The number of piperidine rings is 1. The van der Waals surface area contributed by atoms with Gasteiger partial charge in [-0.15, -0.1) is 13.2 Å². The number of aromatic amines is 1. The van der Waals surface area contributed by atoms with Gasteiger partial charge in [0, 0.05) is 29.9 Å². The number of nitrogens with one attached hydrogen (secondary N) is 1. The van der Waals surface area contributed by atoms with Crippen LogP contribution in [-0.2, 0) is 11.3 Å². The Labute approximate surface area is 228 Å². The van der Waals surface area contributed by atoms with Crippen molar-refractivity contribution >= 4 is 0 Å². The molecule has 2 aliphatic rings. The number of imidazole rings is 1. The molecule has 4 heterocycles. The Morgan fingerprint density at radius 3 is 2.77 bits per heavy atom. The summed E-state index contributed by atoms with van der Waals surface area (Å²) in [4.78, 5) is 9.83. The van der Waals surface area contributed by atoms with Gasteiger partial charge in [-0.1, -0.05) is 35.4 Å². The zero-order chi connectivity index (χ0) is 27.7. The fourth-order valence-corrected chi connectivity index (χ4v) is 6.14. The number of nitrogens with zero attached hydrogens (tertiary/aromatic N) is 6. The van der Waals surface area contributed by atoms with Crippen molar-refractivity contribution in [2.45, 2.75) is 49.7 Å². The summed E-state index contributed by atoms with van der Waals surface area (Å²) in [6, 6.07) is 14.6. The van der Waals surface area contributed by atoms with E-state index in [4.69, 9.17) is 9.47 Å². The molecule has 2 fully saturated rings. The molecule has 40 heavy (non-hydrogen) atoms. The SMILES string of the molecule is COc1ccc(-n2nnnc2OC(F)(F)F)cc1[C@H]1CO[C@]2(CCCN(Cc3cnc[nH]3)[C@H]2c2ccccc2)C1. The Bertz CT molecular complexity index is 1430. The highest BCUT2D eigenvalue weighted by Gasteiger charge is 2.51. The molecule has 1 N–H and O–H groups in total. The third-order valence-electron chi connectivity index (χ3n) is 7.66. The standard InChI is InChI=1S/C27H28F3N7O3/c1-38-23-9-8-21(37-25(33-34-35-37)40-27(28,29)30)12-22(23)19-13-26(39-16-19)10-5-11-36(15-20-14-31-17-32-20)24(26)18-6-3-2-4-7-18/h2-4,6-9,12,14,17,19,24H,5,10-11,13,15-16H2,1H3,(H,31,32)/t19-,24+,26-/m1/s1. The van der Waals surface area contributed by atoms with E-state index in [1.165, 1.54) is 5.56 Å². The van der Waals surface area contributed by atoms with Crippen molar-refractivity contribution in [1.82, 2.24) is 35.1 Å². The first-order valence-corrected chi connectivity index (χ1v) is 13.0. The Morgan fingerprint density at radius 2 is 2.02 bits per heavy atom. The van der Waals surface area contributed by atoms with Gasteiger partial charge in [-0.3, -0.25) is 4.90 Å². The number of halogens is 3. The van der Waals surface area contributed by atoms with Crippen molar-refractivity contribution in [2.24, 2.45) is 0 Å². The molecule has 6 rings (SSSR count). The number of hydrogen-bond acceptors (Lipinski definition) is 8. The van der Waals surface area contributed by atoms with Crippen LogP contribution in [0.25, 0.3) is 5.69 Å². The average Bonchev–Trinajstić information content (AvgIpc) is 3.71. The van der Waals surface area contributed by atoms with Crippen LogP contribution in [0.5, 0.6) is 11.8 Å². The van der Waals surface area contributed by atoms with Crippen molar-refractivity contribution in [3.05, 3.63) is 77.9 Å². The van der Waals surface area contributed by atoms with Crippen molar-refractivity contribution in [3.63, 3.8) is 0 Å². The smallest absolute Gasteiger partial charge is 0.496 e. The lowest BCUT2D eigenvalue weighted by molar-refractivity contribution is -0.278. The molecule has 0 amide bonds. The minimum atomic E-state index is -4.93. The number of aromatic nitrogens is 6. The predicted molar refractivity (Wildman–Crippen MR) is 136 cm³/mol. The van der Waals surface area contributed by atoms with E-state index in [1.54, 1.807) is 31.6 Å². The quantitative estimate of drug-likeness (QED) is 0.354. The molecule has 0 radical (unpaired) electrons. The van der Waals surface area contributed by atoms with Gasteiger partial charge in [-0.2, -0.15) is 4.68 Å². The zero-order valence-electron chi connectivity index (χ0n) is 21.7. The Balaban J connectivity index is 1.33. The number of benzene rings is 2. The Morgan fingerprint density at radius 1 is 1.18 bits per heavy atom. The van der Waals surface area contributed by atoms with Crippen LogP contribution in [0.4, 0.5) is 13.2 Å². The molecular formula is C27H28F3N7O3. The van der Waals surface area contributed by atoms with Gasteiger partial charge in [0.2, 0.25) is 0 Å². The van der Waals surface area contributed by atoms with Gasteiger partial charge in [0.15, 0.2) is 0 Å². The summed E-state index contributed by atoms with van der Waals surface area (Å²) in [7, 11) is 1.57. The Kier molecular flexibility index (Phi) is 6.92. The fourth-order valence-electron chi connectivity index (χ4n) is 6.14. The summed E-state index contributed by atoms with van der Waals surface area (Å²) in [5.74, 6) is 0.541. The molecule has 1 spiro atoms. The lowest BCUT2D eigenvalue weighted by atomic mass is 9.75. The monoisotopic (exact) mass is 555 g/mol. The number of methoxy groups -OCH3 is 1. The maximum absolute atomic E-state index is 12.9. The van der Waals surface area contributed by atoms with Crippen LogP contribution in [0, 0.1) is 0 Å². The molecule has 2 saturated heterocycles. The second kappa shape index (κ2) is 10.5. The van der Waals surface area contributed by atoms with Crippen LogP contribution in [-0.4, -0.2) is 67.3 Å². The molecule has 2 aliphatic heterocycles. The molecule has 0 unspecified atom stereocenters. The minimum absolute atomic E-state index is 0.00349. The van der Waals surface area contributed by atoms with Crippen LogP contribution in [0.3, 0.4) is 0 Å². The van der Waals surface area contributed by atoms with E-state index in [9.17, 15) is 13.2 Å². The van der Waals surface area contributed by atoms with Crippen molar-refractivity contribution < 1.29 is 27.4 Å². The van der Waals surface area contributed by atoms with E-state index in [0.717, 1.165) is 35.3 Å². The molecule has 0 bridgehead atoms. The van der Waals surface area contributed by atoms with Gasteiger partial charge in [0.25, 0.3) is 0 Å². The van der Waals surface area contributed by atoms with Gasteiger partial charge in [0.1, 0.15) is 5.75 Å². The van der Waals surface area contributed by atoms with E-state index in [0.29, 0.717) is 31.0 Å². The first-order chi connectivity index (χ1) is 19.4. The molecule has 0 aliphatic carbocycles. The van der Waals surface area contributed by atoms with Gasteiger partial charge in [-0.05, 0) is 60.0 Å². The molecule has 0 saturated carbocycles. The first kappa shape index (κ1) is 26.3. The number of likely N-dealkylation sites (tertiary alicyclic amines) is 1. The molecular weight excluding hydrogens is 527 g/mol. The highest BCUT2D eigenvalue weighted by Crippen LogP contribution is 2.52. The minimum Gasteiger partial charge on any atom is -0.496 e. The zero-order valence-corrected chi connectivity index (χ0v) is 21.7. The van der Waals surface area contributed by atoms with Crippen LogP contribution in [0.2, 0.25) is 0 Å². The second-order valence-electron chi connectivity index (χ2n) is 10.1. The van der Waals surface area contributed by atoms with E-state index in [2.05, 4.69) is 47.3 Å². The molecule has 3 atom stereocenters. The number of hydrogen-bond donors (Lipinski definition) is 1. The number of alkyl halides is 3. The van der Waals surface area contributed by atoms with E-state index >= 15 is 0 Å². The second-order valence-corrected chi connectivity index (χ2v) is 10.1. The molecule has 210 valence electrons. The summed E-state index contributed by atoms with van der Waals surface area (Å²) >= 11 is 0. The van der Waals surface area contributed by atoms with Crippen molar-refractivity contribution in [2.75, 3.05) is 20.3 Å².